The van der Waals surface area contributed by atoms with Gasteiger partial charge in [0, 0.05) is 0 Å². The summed E-state index contributed by atoms with van der Waals surface area (Å²) in [7, 11) is 0. The summed E-state index contributed by atoms with van der Waals surface area (Å²) in [6, 6.07) is 0. The molecule has 2 N–H and O–H groups in total. The first-order valence-corrected chi connectivity index (χ1v) is 8.27. The summed E-state index contributed by atoms with van der Waals surface area (Å²) in [6.45, 7) is 10.5. The lowest BCUT2D eigenvalue weighted by Crippen LogP contribution is -2.06. The van der Waals surface area contributed by atoms with Crippen molar-refractivity contribution >= 4 is 0 Å². The molecular formula is C20H34O2. The molecule has 0 unspecified atom stereocenters. The second kappa shape index (κ2) is 12.4. The van der Waals surface area contributed by atoms with Crippen LogP contribution in [-0.4, -0.2) is 22.9 Å². The molecule has 0 saturated heterocycles. The Bertz CT molecular complexity index is 421. The number of aliphatic hydroxyl groups excluding tert-OH is 2. The van der Waals surface area contributed by atoms with E-state index in [2.05, 4.69) is 45.9 Å². The molecule has 0 aliphatic heterocycles. The topological polar surface area (TPSA) is 40.5 Å². The van der Waals surface area contributed by atoms with Crippen molar-refractivity contribution < 1.29 is 10.2 Å². The molecule has 126 valence electrons. The van der Waals surface area contributed by atoms with E-state index in [4.69, 9.17) is 5.11 Å². The predicted molar refractivity (Wildman–Crippen MR) is 96.9 cm³/mol. The first kappa shape index (κ1) is 20.9. The largest absolute Gasteiger partial charge is 0.392 e. The Kier molecular flexibility index (Phi) is 11.8. The smallest absolute Gasteiger partial charge is 0.0781 e. The maximum Gasteiger partial charge on any atom is 0.0781 e. The van der Waals surface area contributed by atoms with Crippen LogP contribution < -0.4 is 0 Å². The zero-order chi connectivity index (χ0) is 17.0. The average molecular weight is 306 g/mol. The molecule has 0 spiro atoms. The van der Waals surface area contributed by atoms with E-state index < -0.39 is 0 Å². The Morgan fingerprint density at radius 3 is 1.91 bits per heavy atom. The van der Waals surface area contributed by atoms with Gasteiger partial charge < -0.3 is 10.2 Å². The van der Waals surface area contributed by atoms with E-state index in [0.717, 1.165) is 31.3 Å². The Balaban J connectivity index is 4.13. The molecule has 0 aromatic heterocycles. The monoisotopic (exact) mass is 306 g/mol. The van der Waals surface area contributed by atoms with Crippen LogP contribution in [0, 0.1) is 0 Å². The van der Waals surface area contributed by atoms with E-state index in [1.165, 1.54) is 16.7 Å². The van der Waals surface area contributed by atoms with E-state index in [9.17, 15) is 5.11 Å². The fourth-order valence-corrected chi connectivity index (χ4v) is 2.10. The summed E-state index contributed by atoms with van der Waals surface area (Å²) in [5.41, 5.74) is 4.94. The van der Waals surface area contributed by atoms with Crippen LogP contribution in [0.15, 0.2) is 46.6 Å². The van der Waals surface area contributed by atoms with E-state index in [1.54, 1.807) is 0 Å². The number of aliphatic hydroxyl groups is 2. The van der Waals surface area contributed by atoms with Crippen molar-refractivity contribution in [3.05, 3.63) is 46.6 Å². The van der Waals surface area contributed by atoms with E-state index >= 15 is 0 Å². The average Bonchev–Trinajstić information content (AvgIpc) is 2.44. The van der Waals surface area contributed by atoms with Crippen molar-refractivity contribution in [3.8, 4) is 0 Å². The van der Waals surface area contributed by atoms with Crippen molar-refractivity contribution in [2.75, 3.05) is 6.61 Å². The molecule has 0 radical (unpaired) electrons. The Morgan fingerprint density at radius 2 is 1.36 bits per heavy atom. The summed E-state index contributed by atoms with van der Waals surface area (Å²) in [5, 5.41) is 18.8. The van der Waals surface area contributed by atoms with Crippen LogP contribution in [0.4, 0.5) is 0 Å². The molecule has 1 atom stereocenters. The van der Waals surface area contributed by atoms with Gasteiger partial charge in [0.15, 0.2) is 0 Å². The van der Waals surface area contributed by atoms with Crippen LogP contribution in [0.25, 0.3) is 0 Å². The molecule has 0 fully saturated rings. The summed E-state index contributed by atoms with van der Waals surface area (Å²) >= 11 is 0. The number of rotatable bonds is 10. The SMILES string of the molecule is CC(C)=CC[C@H](O)/C(C)=C/CC/C(C)=C/CC/C(C)=C/CO. The Labute approximate surface area is 137 Å². The summed E-state index contributed by atoms with van der Waals surface area (Å²) in [5.74, 6) is 0. The molecule has 0 heterocycles. The van der Waals surface area contributed by atoms with Gasteiger partial charge in [0.1, 0.15) is 0 Å². The van der Waals surface area contributed by atoms with Crippen molar-refractivity contribution in [2.24, 2.45) is 0 Å². The third kappa shape index (κ3) is 11.5. The zero-order valence-electron chi connectivity index (χ0n) is 15.0. The fraction of sp³-hybridized carbons (Fsp3) is 0.600. The summed E-state index contributed by atoms with van der Waals surface area (Å²) in [6.07, 6.45) is 12.8. The first-order valence-electron chi connectivity index (χ1n) is 8.27. The quantitative estimate of drug-likeness (QED) is 0.552. The van der Waals surface area contributed by atoms with Crippen LogP contribution in [0.3, 0.4) is 0 Å². The van der Waals surface area contributed by atoms with E-state index in [-0.39, 0.29) is 12.7 Å². The third-order valence-electron chi connectivity index (χ3n) is 3.75. The number of hydrogen-bond acceptors (Lipinski definition) is 2. The highest BCUT2D eigenvalue weighted by Gasteiger charge is 2.03. The lowest BCUT2D eigenvalue weighted by atomic mass is 10.0. The Morgan fingerprint density at radius 1 is 0.818 bits per heavy atom. The lowest BCUT2D eigenvalue weighted by molar-refractivity contribution is 0.213. The fourth-order valence-electron chi connectivity index (χ4n) is 2.10. The van der Waals surface area contributed by atoms with E-state index in [0.29, 0.717) is 6.42 Å². The highest BCUT2D eigenvalue weighted by atomic mass is 16.3. The van der Waals surface area contributed by atoms with Crippen LogP contribution in [0.1, 0.15) is 66.7 Å². The van der Waals surface area contributed by atoms with Gasteiger partial charge in [-0.3, -0.25) is 0 Å². The molecule has 0 aromatic carbocycles. The van der Waals surface area contributed by atoms with Gasteiger partial charge in [-0.25, -0.2) is 0 Å². The Hall–Kier alpha value is -1.12. The molecule has 0 aromatic rings. The minimum Gasteiger partial charge on any atom is -0.392 e. The number of allylic oxidation sites excluding steroid dienone is 5. The molecule has 0 saturated carbocycles. The highest BCUT2D eigenvalue weighted by molar-refractivity contribution is 5.10. The molecule has 2 nitrogen and oxygen atoms in total. The van der Waals surface area contributed by atoms with Crippen LogP contribution in [0.2, 0.25) is 0 Å². The molecule has 0 amide bonds. The van der Waals surface area contributed by atoms with Gasteiger partial charge in [-0.1, -0.05) is 41.0 Å². The van der Waals surface area contributed by atoms with Crippen molar-refractivity contribution in [3.63, 3.8) is 0 Å². The number of hydrogen-bond donors (Lipinski definition) is 2. The second-order valence-corrected chi connectivity index (χ2v) is 6.34. The van der Waals surface area contributed by atoms with Gasteiger partial charge in [-0.2, -0.15) is 0 Å². The molecule has 0 rings (SSSR count). The van der Waals surface area contributed by atoms with Crippen LogP contribution in [0.5, 0.6) is 0 Å². The van der Waals surface area contributed by atoms with Crippen LogP contribution >= 0.6 is 0 Å². The van der Waals surface area contributed by atoms with Crippen LogP contribution in [-0.2, 0) is 0 Å². The third-order valence-corrected chi connectivity index (χ3v) is 3.75. The standard InChI is InChI=1S/C20H34O2/c1-16(2)12-13-20(22)19(5)11-7-10-17(3)8-6-9-18(4)14-15-21/h8,11-12,14,20-22H,6-7,9-10,13,15H2,1-5H3/b17-8+,18-14+,19-11+/t20-/m0/s1. The second-order valence-electron chi connectivity index (χ2n) is 6.34. The molecule has 0 aliphatic carbocycles. The van der Waals surface area contributed by atoms with Gasteiger partial charge in [-0.15, -0.1) is 0 Å². The van der Waals surface area contributed by atoms with Crippen molar-refractivity contribution in [1.29, 1.82) is 0 Å². The molecular weight excluding hydrogens is 272 g/mol. The van der Waals surface area contributed by atoms with Gasteiger partial charge in [0.2, 0.25) is 0 Å². The summed E-state index contributed by atoms with van der Waals surface area (Å²) < 4.78 is 0. The maximum absolute atomic E-state index is 10.0. The highest BCUT2D eigenvalue weighted by Crippen LogP contribution is 2.13. The molecule has 2 heteroatoms. The molecule has 0 bridgehead atoms. The van der Waals surface area contributed by atoms with Gasteiger partial charge in [-0.05, 0) is 72.3 Å². The molecule has 0 aliphatic rings. The van der Waals surface area contributed by atoms with Gasteiger partial charge in [0.25, 0.3) is 0 Å². The van der Waals surface area contributed by atoms with Crippen molar-refractivity contribution in [2.45, 2.75) is 72.8 Å². The maximum atomic E-state index is 10.0. The minimum absolute atomic E-state index is 0.133. The predicted octanol–water partition coefficient (Wildman–Crippen LogP) is 5.10. The lowest BCUT2D eigenvalue weighted by Gasteiger charge is -2.09. The van der Waals surface area contributed by atoms with Gasteiger partial charge >= 0.3 is 0 Å². The summed E-state index contributed by atoms with van der Waals surface area (Å²) in [4.78, 5) is 0. The first-order chi connectivity index (χ1) is 10.4. The van der Waals surface area contributed by atoms with E-state index in [1.807, 2.05) is 13.0 Å². The van der Waals surface area contributed by atoms with Crippen molar-refractivity contribution in [1.82, 2.24) is 0 Å². The molecule has 22 heavy (non-hydrogen) atoms. The zero-order valence-corrected chi connectivity index (χ0v) is 15.0. The minimum atomic E-state index is -0.356. The normalized spacial score (nSPS) is 15.0. The van der Waals surface area contributed by atoms with Gasteiger partial charge in [0.05, 0.1) is 12.7 Å².